The zero-order chi connectivity index (χ0) is 12.3. The minimum Gasteiger partial charge on any atom is -0.305 e. The number of benzene rings is 1. The third-order valence-corrected chi connectivity index (χ3v) is 3.78. The number of halogens is 2. The molecule has 0 fully saturated rings. The maximum absolute atomic E-state index is 6.04. The van der Waals surface area contributed by atoms with Crippen LogP contribution in [0.1, 0.15) is 24.2 Å². The second-order valence-corrected chi connectivity index (χ2v) is 5.11. The van der Waals surface area contributed by atoms with Crippen LogP contribution < -0.4 is 5.32 Å². The fraction of sp³-hybridized carbons (Fsp3) is 0.250. The van der Waals surface area contributed by atoms with Crippen LogP contribution in [0.5, 0.6) is 0 Å². The van der Waals surface area contributed by atoms with Crippen molar-refractivity contribution < 1.29 is 0 Å². The first-order chi connectivity index (χ1) is 8.22. The highest BCUT2D eigenvalue weighted by atomic mass is 35.5. The Kier molecular flexibility index (Phi) is 4.40. The topological polar surface area (TPSA) is 24.9 Å². The number of hydrogen-bond donors (Lipinski definition) is 1. The normalized spacial score (nSPS) is 12.6. The largest absolute Gasteiger partial charge is 0.305 e. The van der Waals surface area contributed by atoms with Gasteiger partial charge in [0.2, 0.25) is 0 Å². The first-order valence-corrected chi connectivity index (χ1v) is 6.98. The summed E-state index contributed by atoms with van der Waals surface area (Å²) in [5.74, 6) is 0. The molecule has 90 valence electrons. The molecule has 1 aromatic carbocycles. The van der Waals surface area contributed by atoms with E-state index in [2.05, 4.69) is 17.2 Å². The Balaban J connectivity index is 2.35. The lowest BCUT2D eigenvalue weighted by atomic mass is 10.0. The van der Waals surface area contributed by atoms with E-state index < -0.39 is 0 Å². The Labute approximate surface area is 115 Å². The average Bonchev–Trinajstić information content (AvgIpc) is 2.83. The van der Waals surface area contributed by atoms with Gasteiger partial charge in [-0.1, -0.05) is 36.2 Å². The highest BCUT2D eigenvalue weighted by Crippen LogP contribution is 2.28. The molecule has 1 N–H and O–H groups in total. The fourth-order valence-electron chi connectivity index (χ4n) is 1.65. The highest BCUT2D eigenvalue weighted by molar-refractivity contribution is 7.07. The van der Waals surface area contributed by atoms with Crippen LogP contribution in [0.4, 0.5) is 0 Å². The number of rotatable bonds is 4. The summed E-state index contributed by atoms with van der Waals surface area (Å²) >= 11 is 13.5. The van der Waals surface area contributed by atoms with E-state index in [1.54, 1.807) is 11.3 Å². The molecule has 1 heterocycles. The van der Waals surface area contributed by atoms with Crippen molar-refractivity contribution in [2.24, 2.45) is 0 Å². The van der Waals surface area contributed by atoms with Gasteiger partial charge in [0, 0.05) is 5.38 Å². The van der Waals surface area contributed by atoms with Crippen molar-refractivity contribution in [2.75, 3.05) is 6.54 Å². The molecule has 0 saturated heterocycles. The first kappa shape index (κ1) is 12.8. The molecule has 17 heavy (non-hydrogen) atoms. The fourth-order valence-corrected chi connectivity index (χ4v) is 2.54. The summed E-state index contributed by atoms with van der Waals surface area (Å²) in [6, 6.07) is 5.74. The smallest absolute Gasteiger partial charge is 0.0795 e. The quantitative estimate of drug-likeness (QED) is 0.913. The number of nitrogens with one attached hydrogen (secondary N) is 1. The Morgan fingerprint density at radius 2 is 2.18 bits per heavy atom. The first-order valence-electron chi connectivity index (χ1n) is 5.28. The zero-order valence-electron chi connectivity index (χ0n) is 9.28. The lowest BCUT2D eigenvalue weighted by Gasteiger charge is -2.16. The van der Waals surface area contributed by atoms with Gasteiger partial charge in [-0.2, -0.15) is 0 Å². The van der Waals surface area contributed by atoms with Gasteiger partial charge in [-0.3, -0.25) is 0 Å². The van der Waals surface area contributed by atoms with Crippen molar-refractivity contribution in [1.82, 2.24) is 10.3 Å². The number of aromatic nitrogens is 1. The molecule has 0 saturated carbocycles. The summed E-state index contributed by atoms with van der Waals surface area (Å²) in [5, 5.41) is 6.57. The molecule has 5 heteroatoms. The van der Waals surface area contributed by atoms with Crippen LogP contribution >= 0.6 is 34.5 Å². The molecule has 2 rings (SSSR count). The summed E-state index contributed by atoms with van der Waals surface area (Å²) in [4.78, 5) is 4.34. The van der Waals surface area contributed by atoms with E-state index in [1.165, 1.54) is 0 Å². The molecule has 0 aliphatic carbocycles. The van der Waals surface area contributed by atoms with Crippen LogP contribution in [0.15, 0.2) is 29.1 Å². The van der Waals surface area contributed by atoms with Gasteiger partial charge < -0.3 is 5.32 Å². The average molecular weight is 287 g/mol. The van der Waals surface area contributed by atoms with Crippen molar-refractivity contribution in [3.63, 3.8) is 0 Å². The van der Waals surface area contributed by atoms with Crippen LogP contribution in [-0.2, 0) is 0 Å². The summed E-state index contributed by atoms with van der Waals surface area (Å²) < 4.78 is 0. The molecule has 0 aliphatic rings. The Bertz CT molecular complexity index is 485. The van der Waals surface area contributed by atoms with Gasteiger partial charge >= 0.3 is 0 Å². The van der Waals surface area contributed by atoms with Crippen molar-refractivity contribution in [3.05, 3.63) is 50.4 Å². The Hall–Kier alpha value is -0.610. The van der Waals surface area contributed by atoms with Crippen molar-refractivity contribution in [2.45, 2.75) is 13.0 Å². The molecule has 0 radical (unpaired) electrons. The number of nitrogens with zero attached hydrogens (tertiary/aromatic N) is 1. The maximum Gasteiger partial charge on any atom is 0.0795 e. The molecule has 0 bridgehead atoms. The molecule has 2 aromatic rings. The summed E-state index contributed by atoms with van der Waals surface area (Å²) in [7, 11) is 0. The van der Waals surface area contributed by atoms with Crippen molar-refractivity contribution in [1.29, 1.82) is 0 Å². The van der Waals surface area contributed by atoms with Crippen LogP contribution in [-0.4, -0.2) is 11.5 Å². The summed E-state index contributed by atoms with van der Waals surface area (Å²) in [6.07, 6.45) is 0. The summed E-state index contributed by atoms with van der Waals surface area (Å²) in [5.41, 5.74) is 3.92. The molecule has 0 amide bonds. The lowest BCUT2D eigenvalue weighted by molar-refractivity contribution is 0.619. The van der Waals surface area contributed by atoms with E-state index in [1.807, 2.05) is 29.1 Å². The van der Waals surface area contributed by atoms with Crippen molar-refractivity contribution in [3.8, 4) is 0 Å². The predicted molar refractivity (Wildman–Crippen MR) is 74.1 cm³/mol. The Morgan fingerprint density at radius 1 is 1.35 bits per heavy atom. The van der Waals surface area contributed by atoms with Crippen LogP contribution in [0.3, 0.4) is 0 Å². The van der Waals surface area contributed by atoms with Gasteiger partial charge in [0.15, 0.2) is 0 Å². The van der Waals surface area contributed by atoms with Crippen LogP contribution in [0.25, 0.3) is 0 Å². The lowest BCUT2D eigenvalue weighted by Crippen LogP contribution is -2.22. The van der Waals surface area contributed by atoms with Gasteiger partial charge in [-0.25, -0.2) is 4.98 Å². The van der Waals surface area contributed by atoms with E-state index >= 15 is 0 Å². The zero-order valence-corrected chi connectivity index (χ0v) is 11.6. The minimum absolute atomic E-state index is 0.0704. The molecule has 1 atom stereocenters. The van der Waals surface area contributed by atoms with E-state index in [-0.39, 0.29) is 6.04 Å². The highest BCUT2D eigenvalue weighted by Gasteiger charge is 2.15. The van der Waals surface area contributed by atoms with E-state index in [0.29, 0.717) is 10.0 Å². The van der Waals surface area contributed by atoms with E-state index in [0.717, 1.165) is 17.8 Å². The van der Waals surface area contributed by atoms with E-state index in [9.17, 15) is 0 Å². The van der Waals surface area contributed by atoms with E-state index in [4.69, 9.17) is 23.2 Å². The molecule has 1 aromatic heterocycles. The second kappa shape index (κ2) is 5.83. The number of hydrogen-bond acceptors (Lipinski definition) is 3. The van der Waals surface area contributed by atoms with Crippen LogP contribution in [0, 0.1) is 0 Å². The summed E-state index contributed by atoms with van der Waals surface area (Å²) in [6.45, 7) is 2.93. The van der Waals surface area contributed by atoms with Crippen molar-refractivity contribution >= 4 is 34.5 Å². The minimum atomic E-state index is 0.0704. The van der Waals surface area contributed by atoms with Gasteiger partial charge in [0.1, 0.15) is 0 Å². The molecular weight excluding hydrogens is 275 g/mol. The Morgan fingerprint density at radius 3 is 2.76 bits per heavy atom. The van der Waals surface area contributed by atoms with Gasteiger partial charge in [-0.15, -0.1) is 11.3 Å². The second-order valence-electron chi connectivity index (χ2n) is 3.58. The third kappa shape index (κ3) is 2.99. The van der Waals surface area contributed by atoms with Gasteiger partial charge in [0.25, 0.3) is 0 Å². The third-order valence-electron chi connectivity index (χ3n) is 2.43. The predicted octanol–water partition coefficient (Wildman–Crippen LogP) is 4.15. The SMILES string of the molecule is CCNC(c1ccc(Cl)c(Cl)c1)c1cscn1. The standard InChI is InChI=1S/C12H12Cl2N2S/c1-2-15-12(11-6-17-7-16-11)8-3-4-9(13)10(14)5-8/h3-7,12,15H,2H2,1H3. The van der Waals surface area contributed by atoms with Crippen LogP contribution in [0.2, 0.25) is 10.0 Å². The molecule has 1 unspecified atom stereocenters. The molecule has 2 nitrogen and oxygen atoms in total. The monoisotopic (exact) mass is 286 g/mol. The van der Waals surface area contributed by atoms with Gasteiger partial charge in [-0.05, 0) is 24.2 Å². The van der Waals surface area contributed by atoms with Gasteiger partial charge in [0.05, 0.1) is 27.3 Å². The molecular formula is C12H12Cl2N2S. The maximum atomic E-state index is 6.04. The molecule has 0 spiro atoms. The molecule has 0 aliphatic heterocycles. The number of thiazole rings is 1.